The van der Waals surface area contributed by atoms with Crippen LogP contribution in [-0.2, 0) is 9.47 Å². The third-order valence-corrected chi connectivity index (χ3v) is 4.36. The third kappa shape index (κ3) is 7.91. The molecule has 1 aliphatic rings. The van der Waals surface area contributed by atoms with Crippen LogP contribution in [-0.4, -0.2) is 56.6 Å². The maximum atomic E-state index is 10.2. The number of hydrogen-bond donors (Lipinski definition) is 3. The number of benzene rings is 1. The van der Waals surface area contributed by atoms with E-state index in [1.807, 2.05) is 19.1 Å². The van der Waals surface area contributed by atoms with Gasteiger partial charge in [0.25, 0.3) is 0 Å². The second kappa shape index (κ2) is 12.1. The predicted octanol–water partition coefficient (Wildman–Crippen LogP) is 2.51. The van der Waals surface area contributed by atoms with Gasteiger partial charge in [-0.1, -0.05) is 23.7 Å². The zero-order chi connectivity index (χ0) is 18.6. The summed E-state index contributed by atoms with van der Waals surface area (Å²) in [5, 5.41) is 17.3. The Balaban J connectivity index is 1.65. The predicted molar refractivity (Wildman–Crippen MR) is 105 cm³/mol. The quantitative estimate of drug-likeness (QED) is 0.329. The van der Waals surface area contributed by atoms with Gasteiger partial charge in [0.05, 0.1) is 25.4 Å². The molecule has 0 amide bonds. The lowest BCUT2D eigenvalue weighted by Gasteiger charge is -2.14. The standard InChI is InChI=1S/C19H30ClN3O3/c1-2-21-19(22-10-4-11-25-14-17-5-3-12-26-17)23-13-18(24)15-6-8-16(20)9-7-15/h6-9,17-18,24H,2-5,10-14H2,1H3,(H2,21,22,23). The highest BCUT2D eigenvalue weighted by molar-refractivity contribution is 6.30. The van der Waals surface area contributed by atoms with Gasteiger partial charge in [0.1, 0.15) is 0 Å². The van der Waals surface area contributed by atoms with Crippen molar-refractivity contribution in [3.05, 3.63) is 34.9 Å². The van der Waals surface area contributed by atoms with Gasteiger partial charge in [-0.2, -0.15) is 0 Å². The van der Waals surface area contributed by atoms with Gasteiger partial charge < -0.3 is 25.2 Å². The number of rotatable bonds is 10. The van der Waals surface area contributed by atoms with Crippen LogP contribution in [0.2, 0.25) is 5.02 Å². The van der Waals surface area contributed by atoms with Gasteiger partial charge in [-0.15, -0.1) is 0 Å². The summed E-state index contributed by atoms with van der Waals surface area (Å²) in [6.45, 7) is 6.05. The summed E-state index contributed by atoms with van der Waals surface area (Å²) in [5.41, 5.74) is 0.802. The molecule has 0 spiro atoms. The van der Waals surface area contributed by atoms with Gasteiger partial charge in [0.15, 0.2) is 5.96 Å². The van der Waals surface area contributed by atoms with Crippen molar-refractivity contribution in [2.24, 2.45) is 4.99 Å². The third-order valence-electron chi connectivity index (χ3n) is 4.11. The molecule has 3 N–H and O–H groups in total. The van der Waals surface area contributed by atoms with E-state index in [2.05, 4.69) is 15.6 Å². The molecule has 0 aromatic heterocycles. The normalized spacial score (nSPS) is 18.7. The summed E-state index contributed by atoms with van der Waals surface area (Å²) in [7, 11) is 0. The highest BCUT2D eigenvalue weighted by atomic mass is 35.5. The molecule has 1 aromatic carbocycles. The second-order valence-electron chi connectivity index (χ2n) is 6.28. The van der Waals surface area contributed by atoms with Crippen LogP contribution in [0.1, 0.15) is 37.9 Å². The van der Waals surface area contributed by atoms with Crippen molar-refractivity contribution < 1.29 is 14.6 Å². The van der Waals surface area contributed by atoms with E-state index in [0.717, 1.165) is 44.5 Å². The summed E-state index contributed by atoms with van der Waals surface area (Å²) in [6, 6.07) is 7.16. The van der Waals surface area contributed by atoms with E-state index < -0.39 is 6.10 Å². The largest absolute Gasteiger partial charge is 0.386 e. The number of halogens is 1. The molecule has 26 heavy (non-hydrogen) atoms. The van der Waals surface area contributed by atoms with Crippen molar-refractivity contribution in [3.63, 3.8) is 0 Å². The van der Waals surface area contributed by atoms with Crippen molar-refractivity contribution in [2.75, 3.05) is 39.5 Å². The van der Waals surface area contributed by atoms with Gasteiger partial charge in [0, 0.05) is 31.3 Å². The first-order valence-corrected chi connectivity index (χ1v) is 9.72. The summed E-state index contributed by atoms with van der Waals surface area (Å²) in [4.78, 5) is 4.44. The summed E-state index contributed by atoms with van der Waals surface area (Å²) < 4.78 is 11.2. The molecule has 1 saturated heterocycles. The molecule has 7 heteroatoms. The molecule has 0 saturated carbocycles. The molecule has 146 valence electrons. The molecule has 1 heterocycles. The molecule has 2 atom stereocenters. The minimum absolute atomic E-state index is 0.274. The Hall–Kier alpha value is -1.34. The van der Waals surface area contributed by atoms with Crippen molar-refractivity contribution in [2.45, 2.75) is 38.4 Å². The Morgan fingerprint density at radius 3 is 2.88 bits per heavy atom. The first-order valence-electron chi connectivity index (χ1n) is 9.34. The van der Waals surface area contributed by atoms with E-state index >= 15 is 0 Å². The average molecular weight is 384 g/mol. The molecule has 1 fully saturated rings. The van der Waals surface area contributed by atoms with E-state index in [1.54, 1.807) is 12.1 Å². The Labute approximate surface area is 160 Å². The molecule has 1 aromatic rings. The van der Waals surface area contributed by atoms with Crippen LogP contribution in [0.25, 0.3) is 0 Å². The number of hydrogen-bond acceptors (Lipinski definition) is 4. The lowest BCUT2D eigenvalue weighted by atomic mass is 10.1. The lowest BCUT2D eigenvalue weighted by molar-refractivity contribution is 0.0168. The van der Waals surface area contributed by atoms with Gasteiger partial charge in [-0.3, -0.25) is 4.99 Å². The van der Waals surface area contributed by atoms with E-state index in [0.29, 0.717) is 24.2 Å². The number of guanidine groups is 1. The molecule has 2 rings (SSSR count). The van der Waals surface area contributed by atoms with Crippen LogP contribution in [0.5, 0.6) is 0 Å². The number of aliphatic imine (C=N–C) groups is 1. The average Bonchev–Trinajstić information content (AvgIpc) is 3.16. The van der Waals surface area contributed by atoms with Crippen LogP contribution in [0.3, 0.4) is 0 Å². The monoisotopic (exact) mass is 383 g/mol. The fourth-order valence-corrected chi connectivity index (χ4v) is 2.81. The number of nitrogens with zero attached hydrogens (tertiary/aromatic N) is 1. The first kappa shape index (κ1) is 21.0. The number of nitrogens with one attached hydrogen (secondary N) is 2. The molecule has 0 aliphatic carbocycles. The van der Waals surface area contributed by atoms with E-state index in [-0.39, 0.29) is 12.6 Å². The van der Waals surface area contributed by atoms with Gasteiger partial charge in [0.2, 0.25) is 0 Å². The Morgan fingerprint density at radius 1 is 1.38 bits per heavy atom. The van der Waals surface area contributed by atoms with Crippen LogP contribution >= 0.6 is 11.6 Å². The zero-order valence-corrected chi connectivity index (χ0v) is 16.2. The minimum Gasteiger partial charge on any atom is -0.386 e. The molecule has 0 bridgehead atoms. The van der Waals surface area contributed by atoms with Gasteiger partial charge in [-0.05, 0) is 43.9 Å². The van der Waals surface area contributed by atoms with Crippen molar-refractivity contribution in [1.29, 1.82) is 0 Å². The molecule has 2 unspecified atom stereocenters. The molecule has 1 aliphatic heterocycles. The van der Waals surface area contributed by atoms with Crippen molar-refractivity contribution >= 4 is 17.6 Å². The van der Waals surface area contributed by atoms with E-state index in [9.17, 15) is 5.11 Å². The summed E-state index contributed by atoms with van der Waals surface area (Å²) in [5.74, 6) is 0.694. The first-order chi connectivity index (χ1) is 12.7. The van der Waals surface area contributed by atoms with Crippen LogP contribution in [0.4, 0.5) is 0 Å². The van der Waals surface area contributed by atoms with Crippen molar-refractivity contribution in [3.8, 4) is 0 Å². The highest BCUT2D eigenvalue weighted by Crippen LogP contribution is 2.16. The second-order valence-corrected chi connectivity index (χ2v) is 6.71. The van der Waals surface area contributed by atoms with Crippen molar-refractivity contribution in [1.82, 2.24) is 10.6 Å². The molecule has 0 radical (unpaired) electrons. The summed E-state index contributed by atoms with van der Waals surface area (Å²) in [6.07, 6.45) is 2.75. The van der Waals surface area contributed by atoms with Gasteiger partial charge in [-0.25, -0.2) is 0 Å². The highest BCUT2D eigenvalue weighted by Gasteiger charge is 2.14. The van der Waals surface area contributed by atoms with E-state index in [4.69, 9.17) is 21.1 Å². The fraction of sp³-hybridized carbons (Fsp3) is 0.632. The maximum absolute atomic E-state index is 10.2. The minimum atomic E-state index is -0.655. The molecular formula is C19H30ClN3O3. The van der Waals surface area contributed by atoms with Crippen LogP contribution < -0.4 is 10.6 Å². The zero-order valence-electron chi connectivity index (χ0n) is 15.4. The Morgan fingerprint density at radius 2 is 2.19 bits per heavy atom. The van der Waals surface area contributed by atoms with Crippen LogP contribution in [0.15, 0.2) is 29.3 Å². The molecule has 6 nitrogen and oxygen atoms in total. The summed E-state index contributed by atoms with van der Waals surface area (Å²) >= 11 is 5.87. The SMILES string of the molecule is CCNC(=NCC(O)c1ccc(Cl)cc1)NCCCOCC1CCCO1. The van der Waals surface area contributed by atoms with E-state index in [1.165, 1.54) is 0 Å². The maximum Gasteiger partial charge on any atom is 0.191 e. The lowest BCUT2D eigenvalue weighted by Crippen LogP contribution is -2.38. The van der Waals surface area contributed by atoms with Gasteiger partial charge >= 0.3 is 0 Å². The Bertz CT molecular complexity index is 533. The molecular weight excluding hydrogens is 354 g/mol. The number of aliphatic hydroxyl groups is 1. The topological polar surface area (TPSA) is 75.1 Å². The number of aliphatic hydroxyl groups excluding tert-OH is 1. The van der Waals surface area contributed by atoms with Crippen LogP contribution in [0, 0.1) is 0 Å². The number of ether oxygens (including phenoxy) is 2. The fourth-order valence-electron chi connectivity index (χ4n) is 2.68. The smallest absolute Gasteiger partial charge is 0.191 e. The Kier molecular flexibility index (Phi) is 9.77.